The number of hydrogen-bond acceptors (Lipinski definition) is 3. The van der Waals surface area contributed by atoms with Crippen molar-refractivity contribution in [3.8, 4) is 11.8 Å². The highest BCUT2D eigenvalue weighted by Gasteiger charge is 2.08. The standard InChI is InChI=1S/C13H14N4/c1-10-3-4-12(11(7-10)9-15-2)17-6-5-16-13(17)8-14/h3-7,15H,9H2,1-2H3. The molecule has 4 nitrogen and oxygen atoms in total. The van der Waals surface area contributed by atoms with Gasteiger partial charge in [-0.1, -0.05) is 17.7 Å². The second kappa shape index (κ2) is 4.81. The van der Waals surface area contributed by atoms with Crippen LogP contribution in [0.15, 0.2) is 30.6 Å². The maximum Gasteiger partial charge on any atom is 0.217 e. The second-order valence-electron chi connectivity index (χ2n) is 3.90. The quantitative estimate of drug-likeness (QED) is 0.867. The van der Waals surface area contributed by atoms with Crippen LogP contribution < -0.4 is 5.32 Å². The third-order valence-corrected chi connectivity index (χ3v) is 2.60. The first-order valence-electron chi connectivity index (χ1n) is 5.44. The van der Waals surface area contributed by atoms with Gasteiger partial charge in [0.15, 0.2) is 0 Å². The van der Waals surface area contributed by atoms with E-state index in [-0.39, 0.29) is 0 Å². The van der Waals surface area contributed by atoms with Crippen molar-refractivity contribution in [1.82, 2.24) is 14.9 Å². The van der Waals surface area contributed by atoms with Crippen molar-refractivity contribution >= 4 is 0 Å². The molecule has 0 aliphatic carbocycles. The largest absolute Gasteiger partial charge is 0.316 e. The summed E-state index contributed by atoms with van der Waals surface area (Å²) >= 11 is 0. The van der Waals surface area contributed by atoms with E-state index in [4.69, 9.17) is 5.26 Å². The number of nitrogens with zero attached hydrogens (tertiary/aromatic N) is 3. The highest BCUT2D eigenvalue weighted by molar-refractivity contribution is 5.45. The van der Waals surface area contributed by atoms with Crippen molar-refractivity contribution < 1.29 is 0 Å². The summed E-state index contributed by atoms with van der Waals surface area (Å²) in [5, 5.41) is 12.1. The van der Waals surface area contributed by atoms with E-state index in [1.807, 2.05) is 29.9 Å². The topological polar surface area (TPSA) is 53.6 Å². The molecule has 0 aliphatic rings. The lowest BCUT2D eigenvalue weighted by Crippen LogP contribution is -2.10. The molecule has 0 atom stereocenters. The molecule has 0 radical (unpaired) electrons. The smallest absolute Gasteiger partial charge is 0.217 e. The fourth-order valence-electron chi connectivity index (χ4n) is 1.86. The van der Waals surface area contributed by atoms with Gasteiger partial charge in [0, 0.05) is 18.9 Å². The summed E-state index contributed by atoms with van der Waals surface area (Å²) in [6.07, 6.45) is 3.45. The van der Waals surface area contributed by atoms with Gasteiger partial charge in [0.1, 0.15) is 6.07 Å². The van der Waals surface area contributed by atoms with E-state index in [0.29, 0.717) is 5.82 Å². The van der Waals surface area contributed by atoms with Gasteiger partial charge in [-0.2, -0.15) is 5.26 Å². The normalized spacial score (nSPS) is 10.2. The van der Waals surface area contributed by atoms with E-state index >= 15 is 0 Å². The molecule has 0 bridgehead atoms. The molecular formula is C13H14N4. The number of aryl methyl sites for hydroxylation is 1. The Balaban J connectivity index is 2.55. The predicted molar refractivity (Wildman–Crippen MR) is 65.8 cm³/mol. The summed E-state index contributed by atoms with van der Waals surface area (Å²) in [6.45, 7) is 2.82. The Hall–Kier alpha value is -2.12. The molecular weight excluding hydrogens is 212 g/mol. The van der Waals surface area contributed by atoms with Crippen LogP contribution in [-0.2, 0) is 6.54 Å². The first kappa shape index (κ1) is 11.4. The third-order valence-electron chi connectivity index (χ3n) is 2.60. The zero-order valence-electron chi connectivity index (χ0n) is 9.94. The Morgan fingerprint density at radius 1 is 1.47 bits per heavy atom. The van der Waals surface area contributed by atoms with Crippen LogP contribution in [-0.4, -0.2) is 16.6 Å². The summed E-state index contributed by atoms with van der Waals surface area (Å²) in [4.78, 5) is 4.02. The predicted octanol–water partition coefficient (Wildman–Crippen LogP) is 1.77. The Bertz CT molecular complexity index is 563. The molecule has 4 heteroatoms. The monoisotopic (exact) mass is 226 g/mol. The number of rotatable bonds is 3. The van der Waals surface area contributed by atoms with Crippen molar-refractivity contribution in [2.75, 3.05) is 7.05 Å². The van der Waals surface area contributed by atoms with Crippen LogP contribution in [0.3, 0.4) is 0 Å². The van der Waals surface area contributed by atoms with E-state index < -0.39 is 0 Å². The molecule has 2 rings (SSSR count). The highest BCUT2D eigenvalue weighted by Crippen LogP contribution is 2.17. The van der Waals surface area contributed by atoms with Gasteiger partial charge in [-0.05, 0) is 25.6 Å². The van der Waals surface area contributed by atoms with E-state index in [9.17, 15) is 0 Å². The van der Waals surface area contributed by atoms with Crippen molar-refractivity contribution in [2.24, 2.45) is 0 Å². The van der Waals surface area contributed by atoms with Gasteiger partial charge >= 0.3 is 0 Å². The van der Waals surface area contributed by atoms with Crippen LogP contribution in [0.5, 0.6) is 0 Å². The maximum absolute atomic E-state index is 9.00. The molecule has 0 aliphatic heterocycles. The number of benzene rings is 1. The van der Waals surface area contributed by atoms with Crippen LogP contribution in [0.4, 0.5) is 0 Å². The molecule has 2 aromatic rings. The number of hydrogen-bond donors (Lipinski definition) is 1. The van der Waals surface area contributed by atoms with Crippen LogP contribution in [0.1, 0.15) is 17.0 Å². The molecule has 0 saturated heterocycles. The average molecular weight is 226 g/mol. The zero-order valence-corrected chi connectivity index (χ0v) is 9.94. The van der Waals surface area contributed by atoms with E-state index in [1.165, 1.54) is 5.56 Å². The van der Waals surface area contributed by atoms with Crippen molar-refractivity contribution in [2.45, 2.75) is 13.5 Å². The molecule has 86 valence electrons. The molecule has 1 aromatic heterocycles. The molecule has 0 spiro atoms. The van der Waals surface area contributed by atoms with Gasteiger partial charge in [0.2, 0.25) is 5.82 Å². The second-order valence-corrected chi connectivity index (χ2v) is 3.90. The molecule has 0 amide bonds. The molecule has 1 aromatic carbocycles. The van der Waals surface area contributed by atoms with E-state index in [1.54, 1.807) is 6.20 Å². The lowest BCUT2D eigenvalue weighted by atomic mass is 10.1. The minimum absolute atomic E-state index is 0.409. The Morgan fingerprint density at radius 3 is 3.00 bits per heavy atom. The molecule has 1 N–H and O–H groups in total. The maximum atomic E-state index is 9.00. The van der Waals surface area contributed by atoms with Crippen LogP contribution in [0.25, 0.3) is 5.69 Å². The average Bonchev–Trinajstić information content (AvgIpc) is 2.78. The minimum atomic E-state index is 0.409. The van der Waals surface area contributed by atoms with Gasteiger partial charge in [0.05, 0.1) is 5.69 Å². The fraction of sp³-hybridized carbons (Fsp3) is 0.231. The summed E-state index contributed by atoms with van der Waals surface area (Å²) in [5.74, 6) is 0.409. The van der Waals surface area contributed by atoms with E-state index in [0.717, 1.165) is 17.8 Å². The lowest BCUT2D eigenvalue weighted by molar-refractivity contribution is 0.805. The van der Waals surface area contributed by atoms with Gasteiger partial charge in [-0.25, -0.2) is 4.98 Å². The number of nitrogens with one attached hydrogen (secondary N) is 1. The van der Waals surface area contributed by atoms with E-state index in [2.05, 4.69) is 29.4 Å². The van der Waals surface area contributed by atoms with Crippen molar-refractivity contribution in [3.63, 3.8) is 0 Å². The lowest BCUT2D eigenvalue weighted by Gasteiger charge is -2.11. The van der Waals surface area contributed by atoms with Crippen LogP contribution in [0, 0.1) is 18.3 Å². The number of nitriles is 1. The SMILES string of the molecule is CNCc1cc(C)ccc1-n1ccnc1C#N. The molecule has 0 saturated carbocycles. The Morgan fingerprint density at radius 2 is 2.29 bits per heavy atom. The zero-order chi connectivity index (χ0) is 12.3. The molecule has 0 unspecified atom stereocenters. The fourth-order valence-corrected chi connectivity index (χ4v) is 1.86. The Labute approximate surface area is 101 Å². The van der Waals surface area contributed by atoms with Gasteiger partial charge in [-0.3, -0.25) is 4.57 Å². The van der Waals surface area contributed by atoms with Crippen LogP contribution in [0.2, 0.25) is 0 Å². The third kappa shape index (κ3) is 2.19. The summed E-state index contributed by atoms with van der Waals surface area (Å²) in [7, 11) is 1.91. The molecule has 17 heavy (non-hydrogen) atoms. The molecule has 1 heterocycles. The van der Waals surface area contributed by atoms with Crippen molar-refractivity contribution in [1.29, 1.82) is 5.26 Å². The van der Waals surface area contributed by atoms with Crippen molar-refractivity contribution in [3.05, 3.63) is 47.5 Å². The van der Waals surface area contributed by atoms with Gasteiger partial charge < -0.3 is 5.32 Å². The first-order chi connectivity index (χ1) is 8.26. The van der Waals surface area contributed by atoms with Crippen LogP contribution >= 0.6 is 0 Å². The molecule has 0 fully saturated rings. The number of aromatic nitrogens is 2. The summed E-state index contributed by atoms with van der Waals surface area (Å²) in [5.41, 5.74) is 3.36. The number of imidazole rings is 1. The Kier molecular flexibility index (Phi) is 3.22. The summed E-state index contributed by atoms with van der Waals surface area (Å²) in [6, 6.07) is 8.26. The summed E-state index contributed by atoms with van der Waals surface area (Å²) < 4.78 is 1.81. The minimum Gasteiger partial charge on any atom is -0.316 e. The van der Waals surface area contributed by atoms with Gasteiger partial charge in [-0.15, -0.1) is 0 Å². The highest BCUT2D eigenvalue weighted by atomic mass is 15.1. The van der Waals surface area contributed by atoms with Gasteiger partial charge in [0.25, 0.3) is 0 Å². The first-order valence-corrected chi connectivity index (χ1v) is 5.44.